The Hall–Kier alpha value is -1.58. The molecule has 1 aliphatic rings. The third kappa shape index (κ3) is 2.12. The van der Waals surface area contributed by atoms with E-state index in [1.807, 2.05) is 11.9 Å². The Kier molecular flexibility index (Phi) is 3.31. The maximum absolute atomic E-state index is 13.8. The van der Waals surface area contributed by atoms with E-state index in [1.54, 1.807) is 19.1 Å². The average Bonchev–Trinajstić information content (AvgIpc) is 2.29. The number of carbonyl (C=O) groups excluding carboxylic acids is 1. The summed E-state index contributed by atoms with van der Waals surface area (Å²) in [6.07, 6.45) is 0.672. The maximum atomic E-state index is 13.8. The molecule has 0 saturated carbocycles. The van der Waals surface area contributed by atoms with Gasteiger partial charge in [-0.15, -0.1) is 0 Å². The van der Waals surface area contributed by atoms with Crippen LogP contribution >= 0.6 is 0 Å². The molecule has 0 aromatic heterocycles. The second-order valence-electron chi connectivity index (χ2n) is 4.19. The number of para-hydroxylation sites is 1. The molecule has 3 nitrogen and oxygen atoms in total. The van der Waals surface area contributed by atoms with Crippen molar-refractivity contribution in [3.05, 3.63) is 29.6 Å². The van der Waals surface area contributed by atoms with E-state index < -0.39 is 0 Å². The summed E-state index contributed by atoms with van der Waals surface area (Å²) in [4.78, 5) is 13.7. The first-order valence-corrected chi connectivity index (χ1v) is 5.81. The normalized spacial score (nSPS) is 18.8. The Balaban J connectivity index is 2.39. The highest BCUT2D eigenvalue weighted by Gasteiger charge is 2.31. The lowest BCUT2D eigenvalue weighted by molar-refractivity contribution is -0.145. The molecule has 92 valence electrons. The molecule has 2 rings (SSSR count). The third-order valence-corrected chi connectivity index (χ3v) is 3.10. The minimum atomic E-state index is -0.336. The van der Waals surface area contributed by atoms with Gasteiger partial charge >= 0.3 is 5.97 Å². The van der Waals surface area contributed by atoms with Gasteiger partial charge in [-0.2, -0.15) is 0 Å². The van der Waals surface area contributed by atoms with Gasteiger partial charge in [0.15, 0.2) is 0 Å². The molecule has 0 spiro atoms. The van der Waals surface area contributed by atoms with Crippen molar-refractivity contribution in [3.8, 4) is 0 Å². The molecule has 0 saturated heterocycles. The Morgan fingerprint density at radius 1 is 1.59 bits per heavy atom. The van der Waals surface area contributed by atoms with Crippen LogP contribution in [-0.2, 0) is 9.53 Å². The van der Waals surface area contributed by atoms with Crippen LogP contribution in [0.15, 0.2) is 18.2 Å². The van der Waals surface area contributed by atoms with Crippen molar-refractivity contribution in [2.24, 2.45) is 0 Å². The van der Waals surface area contributed by atoms with Crippen molar-refractivity contribution < 1.29 is 13.9 Å². The summed E-state index contributed by atoms with van der Waals surface area (Å²) in [5.74, 6) is -0.872. The number of anilines is 1. The number of nitrogens with zero attached hydrogens (tertiary/aromatic N) is 1. The van der Waals surface area contributed by atoms with Crippen LogP contribution in [0.4, 0.5) is 10.1 Å². The van der Waals surface area contributed by atoms with Gasteiger partial charge < -0.3 is 9.64 Å². The minimum Gasteiger partial charge on any atom is -0.466 e. The molecule has 0 N–H and O–H groups in total. The summed E-state index contributed by atoms with van der Waals surface area (Å²) in [5.41, 5.74) is 1.26. The molecule has 4 heteroatoms. The molecule has 1 aromatic rings. The number of hydrogen-bond acceptors (Lipinski definition) is 3. The fraction of sp³-hybridized carbons (Fsp3) is 0.462. The van der Waals surface area contributed by atoms with Crippen LogP contribution in [0.2, 0.25) is 0 Å². The molecule has 17 heavy (non-hydrogen) atoms. The quantitative estimate of drug-likeness (QED) is 0.739. The van der Waals surface area contributed by atoms with Gasteiger partial charge in [-0.05, 0) is 25.0 Å². The summed E-state index contributed by atoms with van der Waals surface area (Å²) in [6, 6.07) is 4.86. The Morgan fingerprint density at radius 2 is 2.35 bits per heavy atom. The average molecular weight is 237 g/mol. The molecule has 0 bridgehead atoms. The summed E-state index contributed by atoms with van der Waals surface area (Å²) in [7, 11) is 1.84. The summed E-state index contributed by atoms with van der Waals surface area (Å²) in [6.45, 7) is 2.80. The monoisotopic (exact) mass is 237 g/mol. The van der Waals surface area contributed by atoms with E-state index in [1.165, 1.54) is 6.07 Å². The third-order valence-electron chi connectivity index (χ3n) is 3.10. The van der Waals surface area contributed by atoms with Crippen molar-refractivity contribution in [3.63, 3.8) is 0 Å². The van der Waals surface area contributed by atoms with Crippen molar-refractivity contribution in [2.45, 2.75) is 19.3 Å². The highest BCUT2D eigenvalue weighted by molar-refractivity contribution is 5.82. The fourth-order valence-corrected chi connectivity index (χ4v) is 2.29. The fourth-order valence-electron chi connectivity index (χ4n) is 2.29. The van der Waals surface area contributed by atoms with Crippen molar-refractivity contribution in [1.29, 1.82) is 0 Å². The van der Waals surface area contributed by atoms with Crippen LogP contribution < -0.4 is 4.90 Å². The van der Waals surface area contributed by atoms with Crippen LogP contribution in [0.3, 0.4) is 0 Å². The van der Waals surface area contributed by atoms with Crippen molar-refractivity contribution in [2.75, 3.05) is 25.1 Å². The molecule has 1 unspecified atom stereocenters. The number of fused-ring (bicyclic) bond motifs is 1. The molecule has 0 amide bonds. The first-order chi connectivity index (χ1) is 8.15. The number of hydrogen-bond donors (Lipinski definition) is 0. The Labute approximate surface area is 100 Å². The molecular formula is C13H16FNO2. The van der Waals surface area contributed by atoms with E-state index >= 15 is 0 Å². The van der Waals surface area contributed by atoms with E-state index in [2.05, 4.69) is 0 Å². The predicted molar refractivity (Wildman–Crippen MR) is 63.7 cm³/mol. The van der Waals surface area contributed by atoms with Gasteiger partial charge in [0.05, 0.1) is 18.2 Å². The lowest BCUT2D eigenvalue weighted by Gasteiger charge is -2.32. The molecule has 0 fully saturated rings. The van der Waals surface area contributed by atoms with Gasteiger partial charge in [-0.1, -0.05) is 12.1 Å². The van der Waals surface area contributed by atoms with Crippen LogP contribution in [0.25, 0.3) is 0 Å². The number of halogens is 1. The van der Waals surface area contributed by atoms with Gasteiger partial charge in [0, 0.05) is 13.6 Å². The van der Waals surface area contributed by atoms with E-state index in [4.69, 9.17) is 4.74 Å². The number of carbonyl (C=O) groups is 1. The van der Waals surface area contributed by atoms with E-state index in [0.29, 0.717) is 25.3 Å². The molecule has 1 heterocycles. The highest BCUT2D eigenvalue weighted by Crippen LogP contribution is 2.36. The Morgan fingerprint density at radius 3 is 3.06 bits per heavy atom. The lowest BCUT2D eigenvalue weighted by Crippen LogP contribution is -2.32. The predicted octanol–water partition coefficient (Wildman–Crippen LogP) is 2.31. The standard InChI is InChI=1S/C13H16FNO2/c1-3-17-13(16)10-7-8-15(2)12-9(10)5-4-6-11(12)14/h4-6,10H,3,7-8H2,1-2H3. The van der Waals surface area contributed by atoms with Crippen LogP contribution in [-0.4, -0.2) is 26.2 Å². The molecule has 1 aromatic carbocycles. The number of esters is 1. The summed E-state index contributed by atoms with van der Waals surface area (Å²) >= 11 is 0. The summed E-state index contributed by atoms with van der Waals surface area (Å²) < 4.78 is 18.8. The zero-order valence-corrected chi connectivity index (χ0v) is 10.1. The zero-order valence-electron chi connectivity index (χ0n) is 10.1. The Bertz CT molecular complexity index is 433. The number of benzene rings is 1. The minimum absolute atomic E-state index is 0.257. The van der Waals surface area contributed by atoms with Crippen molar-refractivity contribution in [1.82, 2.24) is 0 Å². The van der Waals surface area contributed by atoms with Crippen molar-refractivity contribution >= 4 is 11.7 Å². The first-order valence-electron chi connectivity index (χ1n) is 5.81. The van der Waals surface area contributed by atoms with Gasteiger partial charge in [-0.3, -0.25) is 4.79 Å². The first kappa shape index (κ1) is 11.9. The molecule has 1 aliphatic heterocycles. The van der Waals surface area contributed by atoms with Gasteiger partial charge in [-0.25, -0.2) is 4.39 Å². The van der Waals surface area contributed by atoms with Crippen LogP contribution in [0.1, 0.15) is 24.8 Å². The highest BCUT2D eigenvalue weighted by atomic mass is 19.1. The van der Waals surface area contributed by atoms with E-state index in [-0.39, 0.29) is 17.7 Å². The topological polar surface area (TPSA) is 29.5 Å². The largest absolute Gasteiger partial charge is 0.466 e. The van der Waals surface area contributed by atoms with Crippen LogP contribution in [0.5, 0.6) is 0 Å². The number of ether oxygens (including phenoxy) is 1. The summed E-state index contributed by atoms with van der Waals surface area (Å²) in [5, 5.41) is 0. The van der Waals surface area contributed by atoms with Crippen LogP contribution in [0, 0.1) is 5.82 Å². The zero-order chi connectivity index (χ0) is 12.4. The lowest BCUT2D eigenvalue weighted by atomic mass is 9.90. The van der Waals surface area contributed by atoms with Gasteiger partial charge in [0.2, 0.25) is 0 Å². The smallest absolute Gasteiger partial charge is 0.313 e. The molecular weight excluding hydrogens is 221 g/mol. The second kappa shape index (κ2) is 4.73. The maximum Gasteiger partial charge on any atom is 0.313 e. The van der Waals surface area contributed by atoms with Gasteiger partial charge in [0.25, 0.3) is 0 Å². The second-order valence-corrected chi connectivity index (χ2v) is 4.19. The SMILES string of the molecule is CCOC(=O)C1CCN(C)c2c(F)cccc21. The van der Waals surface area contributed by atoms with E-state index in [0.717, 1.165) is 5.56 Å². The van der Waals surface area contributed by atoms with E-state index in [9.17, 15) is 9.18 Å². The van der Waals surface area contributed by atoms with Gasteiger partial charge in [0.1, 0.15) is 5.82 Å². The molecule has 1 atom stereocenters. The molecule has 0 radical (unpaired) electrons. The molecule has 0 aliphatic carbocycles. The number of rotatable bonds is 2.